The van der Waals surface area contributed by atoms with E-state index >= 15 is 0 Å². The molecule has 27 heavy (non-hydrogen) atoms. The van der Waals surface area contributed by atoms with E-state index in [0.29, 0.717) is 34.4 Å². The first-order chi connectivity index (χ1) is 13.0. The first-order valence-corrected chi connectivity index (χ1v) is 8.82. The lowest BCUT2D eigenvalue weighted by molar-refractivity contribution is 0.0657. The Balaban J connectivity index is 1.86. The number of hydrogen-bond acceptors (Lipinski definition) is 5. The maximum Gasteiger partial charge on any atom is 0.255 e. The fraction of sp³-hybridized carbons (Fsp3) is 0.316. The largest absolute Gasteiger partial charge is 0.505 e. The summed E-state index contributed by atoms with van der Waals surface area (Å²) < 4.78 is 13.8. The van der Waals surface area contributed by atoms with Crippen molar-refractivity contribution in [2.45, 2.75) is 19.9 Å². The number of rotatable bonds is 2. The Morgan fingerprint density at radius 1 is 1.37 bits per heavy atom. The average Bonchev–Trinajstić information content (AvgIpc) is 3.04. The van der Waals surface area contributed by atoms with Gasteiger partial charge in [-0.2, -0.15) is 5.10 Å². The van der Waals surface area contributed by atoms with Gasteiger partial charge in [-0.25, -0.2) is 9.37 Å². The molecule has 3 heterocycles. The molecule has 8 heteroatoms. The summed E-state index contributed by atoms with van der Waals surface area (Å²) in [7, 11) is 0. The number of fused-ring (bicyclic) bond motifs is 1. The average molecular weight is 369 g/mol. The fourth-order valence-electron chi connectivity index (χ4n) is 3.46. The van der Waals surface area contributed by atoms with Crippen molar-refractivity contribution < 1.29 is 14.3 Å². The molecular formula is C19H20FN5O2. The topological polar surface area (TPSA) is 94.1 Å². The third-order valence-electron chi connectivity index (χ3n) is 4.94. The lowest BCUT2D eigenvalue weighted by Crippen LogP contribution is -2.52. The predicted octanol–water partition coefficient (Wildman–Crippen LogP) is 2.21. The molecule has 1 aliphatic heterocycles. The molecule has 7 nitrogen and oxygen atoms in total. The summed E-state index contributed by atoms with van der Waals surface area (Å²) in [6.45, 7) is 5.94. The normalized spacial score (nSPS) is 17.4. The number of piperazine rings is 1. The number of halogens is 1. The van der Waals surface area contributed by atoms with Crippen LogP contribution in [-0.4, -0.2) is 56.8 Å². The zero-order chi connectivity index (χ0) is 19.1. The van der Waals surface area contributed by atoms with Crippen LogP contribution in [0.2, 0.25) is 0 Å². The number of aryl methyl sites for hydroxylation is 1. The second-order valence-corrected chi connectivity index (χ2v) is 6.82. The minimum atomic E-state index is -0.740. The molecule has 3 N–H and O–H groups in total. The molecule has 2 aromatic heterocycles. The number of nitrogens with one attached hydrogen (secondary N) is 2. The van der Waals surface area contributed by atoms with Gasteiger partial charge in [0, 0.05) is 36.9 Å². The Labute approximate surface area is 155 Å². The molecule has 0 radical (unpaired) electrons. The number of nitrogens with zero attached hydrogens (tertiary/aromatic N) is 3. The molecule has 1 aliphatic rings. The first kappa shape index (κ1) is 17.4. The van der Waals surface area contributed by atoms with Crippen LogP contribution in [0, 0.1) is 12.7 Å². The summed E-state index contributed by atoms with van der Waals surface area (Å²) in [6, 6.07) is 5.77. The van der Waals surface area contributed by atoms with Gasteiger partial charge in [-0.15, -0.1) is 0 Å². The Kier molecular flexibility index (Phi) is 4.27. The zero-order valence-corrected chi connectivity index (χ0v) is 15.1. The molecule has 1 saturated heterocycles. The van der Waals surface area contributed by atoms with Crippen molar-refractivity contribution in [2.75, 3.05) is 19.6 Å². The molecule has 1 fully saturated rings. The molecule has 1 amide bonds. The quantitative estimate of drug-likeness (QED) is 0.644. The van der Waals surface area contributed by atoms with Crippen LogP contribution in [0.5, 0.6) is 5.75 Å². The molecule has 4 rings (SSSR count). The molecule has 1 aromatic carbocycles. The van der Waals surface area contributed by atoms with E-state index in [1.165, 1.54) is 12.1 Å². The van der Waals surface area contributed by atoms with E-state index in [-0.39, 0.29) is 11.9 Å². The monoisotopic (exact) mass is 369 g/mol. The number of pyridine rings is 1. The van der Waals surface area contributed by atoms with Crippen LogP contribution in [0.3, 0.4) is 0 Å². The fourth-order valence-corrected chi connectivity index (χ4v) is 3.46. The number of aromatic amines is 1. The van der Waals surface area contributed by atoms with Crippen LogP contribution >= 0.6 is 0 Å². The summed E-state index contributed by atoms with van der Waals surface area (Å²) in [5, 5.41) is 20.4. The van der Waals surface area contributed by atoms with Gasteiger partial charge in [-0.3, -0.25) is 9.89 Å². The van der Waals surface area contributed by atoms with Gasteiger partial charge in [-0.1, -0.05) is 0 Å². The second kappa shape index (κ2) is 6.62. The van der Waals surface area contributed by atoms with Crippen molar-refractivity contribution in [1.82, 2.24) is 25.4 Å². The van der Waals surface area contributed by atoms with E-state index in [9.17, 15) is 14.3 Å². The highest BCUT2D eigenvalue weighted by molar-refractivity contribution is 6.07. The number of carbonyl (C=O) groups excluding carboxylic acids is 1. The van der Waals surface area contributed by atoms with E-state index in [2.05, 4.69) is 20.5 Å². The van der Waals surface area contributed by atoms with Gasteiger partial charge in [0.15, 0.2) is 17.2 Å². The Hall–Kier alpha value is -3.00. The summed E-state index contributed by atoms with van der Waals surface area (Å²) in [5.41, 5.74) is 2.55. The highest BCUT2D eigenvalue weighted by Crippen LogP contribution is 2.29. The number of carbonyl (C=O) groups is 1. The van der Waals surface area contributed by atoms with Gasteiger partial charge in [0.05, 0.1) is 16.6 Å². The van der Waals surface area contributed by atoms with Crippen LogP contribution in [0.4, 0.5) is 4.39 Å². The van der Waals surface area contributed by atoms with Gasteiger partial charge in [-0.05, 0) is 38.1 Å². The number of aromatic hydroxyl groups is 1. The van der Waals surface area contributed by atoms with Gasteiger partial charge >= 0.3 is 0 Å². The van der Waals surface area contributed by atoms with Crippen LogP contribution in [0.25, 0.3) is 22.3 Å². The maximum atomic E-state index is 13.8. The lowest BCUT2D eigenvalue weighted by Gasteiger charge is -2.34. The number of H-pyrrole nitrogens is 1. The second-order valence-electron chi connectivity index (χ2n) is 6.82. The Bertz CT molecular complexity index is 1030. The molecule has 1 unspecified atom stereocenters. The smallest absolute Gasteiger partial charge is 0.255 e. The molecule has 140 valence electrons. The minimum absolute atomic E-state index is 0.0660. The summed E-state index contributed by atoms with van der Waals surface area (Å²) in [4.78, 5) is 19.6. The number of aromatic nitrogens is 3. The number of benzene rings is 1. The van der Waals surface area contributed by atoms with Crippen molar-refractivity contribution in [1.29, 1.82) is 0 Å². The number of phenolic OH excluding ortho intramolecular Hbond substituents is 1. The van der Waals surface area contributed by atoms with Crippen LogP contribution in [-0.2, 0) is 0 Å². The van der Waals surface area contributed by atoms with Crippen molar-refractivity contribution in [3.8, 4) is 17.0 Å². The molecule has 0 aliphatic carbocycles. The van der Waals surface area contributed by atoms with E-state index in [1.807, 2.05) is 18.7 Å². The van der Waals surface area contributed by atoms with Gasteiger partial charge in [0.1, 0.15) is 0 Å². The van der Waals surface area contributed by atoms with Crippen molar-refractivity contribution >= 4 is 16.9 Å². The summed E-state index contributed by atoms with van der Waals surface area (Å²) in [6.07, 6.45) is 0. The van der Waals surface area contributed by atoms with E-state index in [4.69, 9.17) is 0 Å². The van der Waals surface area contributed by atoms with Crippen molar-refractivity contribution in [2.24, 2.45) is 0 Å². The van der Waals surface area contributed by atoms with E-state index < -0.39 is 11.6 Å². The Morgan fingerprint density at radius 3 is 2.93 bits per heavy atom. The molecule has 0 bridgehead atoms. The highest BCUT2D eigenvalue weighted by atomic mass is 19.1. The number of phenols is 1. The molecule has 1 atom stereocenters. The van der Waals surface area contributed by atoms with E-state index in [0.717, 1.165) is 18.8 Å². The first-order valence-electron chi connectivity index (χ1n) is 8.82. The van der Waals surface area contributed by atoms with Gasteiger partial charge < -0.3 is 15.3 Å². The van der Waals surface area contributed by atoms with Crippen molar-refractivity contribution in [3.63, 3.8) is 0 Å². The maximum absolute atomic E-state index is 13.8. The highest BCUT2D eigenvalue weighted by Gasteiger charge is 2.27. The van der Waals surface area contributed by atoms with Crippen LogP contribution in [0.1, 0.15) is 23.0 Å². The summed E-state index contributed by atoms with van der Waals surface area (Å²) >= 11 is 0. The predicted molar refractivity (Wildman–Crippen MR) is 99.1 cm³/mol. The zero-order valence-electron chi connectivity index (χ0n) is 15.1. The third-order valence-corrected chi connectivity index (χ3v) is 4.94. The number of hydrogen-bond donors (Lipinski definition) is 3. The molecule has 3 aromatic rings. The van der Waals surface area contributed by atoms with Crippen LogP contribution < -0.4 is 5.32 Å². The third kappa shape index (κ3) is 3.02. The minimum Gasteiger partial charge on any atom is -0.505 e. The number of amides is 1. The Morgan fingerprint density at radius 2 is 2.19 bits per heavy atom. The van der Waals surface area contributed by atoms with Crippen molar-refractivity contribution in [3.05, 3.63) is 41.3 Å². The van der Waals surface area contributed by atoms with Crippen LogP contribution in [0.15, 0.2) is 24.3 Å². The molecule has 0 spiro atoms. The van der Waals surface area contributed by atoms with E-state index in [1.54, 1.807) is 12.1 Å². The standard InChI is InChI=1S/C19H20FN5O2/c1-10-9-21-5-6-25(10)19(27)13-8-15(12-3-4-16(26)14(20)7-12)22-18-17(13)11(2)23-24-18/h3-4,7-8,10,21,26H,5-6,9H2,1-2H3,(H,22,23,24). The molecule has 0 saturated carbocycles. The molecular weight excluding hydrogens is 349 g/mol. The summed E-state index contributed by atoms with van der Waals surface area (Å²) in [5.74, 6) is -1.26. The van der Waals surface area contributed by atoms with Gasteiger partial charge in [0.2, 0.25) is 0 Å². The SMILES string of the molecule is Cc1[nH]nc2nc(-c3ccc(O)c(F)c3)cc(C(=O)N3CCNCC3C)c12. The lowest BCUT2D eigenvalue weighted by atomic mass is 10.0. The van der Waals surface area contributed by atoms with Gasteiger partial charge in [0.25, 0.3) is 5.91 Å².